The molecule has 16 heavy (non-hydrogen) atoms. The Morgan fingerprint density at radius 1 is 1.38 bits per heavy atom. The van der Waals surface area contributed by atoms with Crippen molar-refractivity contribution in [1.29, 1.82) is 0 Å². The summed E-state index contributed by atoms with van der Waals surface area (Å²) in [5, 5.41) is 3.63. The third-order valence-corrected chi connectivity index (χ3v) is 3.65. The molecule has 0 saturated heterocycles. The Bertz CT molecular complexity index is 312. The van der Waals surface area contributed by atoms with Crippen LogP contribution in [0.2, 0.25) is 0 Å². The van der Waals surface area contributed by atoms with Crippen LogP contribution in [0.1, 0.15) is 38.8 Å². The first kappa shape index (κ1) is 11.5. The van der Waals surface area contributed by atoms with Crippen LogP contribution in [0.15, 0.2) is 18.6 Å². The Balaban J connectivity index is 1.85. The van der Waals surface area contributed by atoms with Crippen molar-refractivity contribution in [3.63, 3.8) is 0 Å². The summed E-state index contributed by atoms with van der Waals surface area (Å²) >= 11 is 0. The lowest BCUT2D eigenvalue weighted by Crippen LogP contribution is -2.39. The maximum absolute atomic E-state index is 4.23. The minimum absolute atomic E-state index is 0.652. The fraction of sp³-hybridized carbons (Fsp3) is 0.692. The fourth-order valence-corrected chi connectivity index (χ4v) is 2.48. The highest BCUT2D eigenvalue weighted by atomic mass is 14.9. The molecule has 2 rings (SSSR count). The average molecular weight is 219 g/mol. The van der Waals surface area contributed by atoms with Gasteiger partial charge in [0.25, 0.3) is 0 Å². The van der Waals surface area contributed by atoms with Gasteiger partial charge in [0.2, 0.25) is 0 Å². The van der Waals surface area contributed by atoms with Crippen molar-refractivity contribution >= 4 is 0 Å². The van der Waals surface area contributed by atoms with Gasteiger partial charge in [-0.25, -0.2) is 9.97 Å². The van der Waals surface area contributed by atoms with Gasteiger partial charge in [-0.05, 0) is 30.7 Å². The van der Waals surface area contributed by atoms with E-state index < -0.39 is 0 Å². The molecule has 3 nitrogen and oxygen atoms in total. The lowest BCUT2D eigenvalue weighted by molar-refractivity contribution is 0.227. The van der Waals surface area contributed by atoms with Gasteiger partial charge in [0.15, 0.2) is 0 Å². The predicted octanol–water partition coefficient (Wildman–Crippen LogP) is 2.39. The van der Waals surface area contributed by atoms with E-state index in [9.17, 15) is 0 Å². The Morgan fingerprint density at radius 3 is 3.00 bits per heavy atom. The van der Waals surface area contributed by atoms with Crippen LogP contribution in [0, 0.1) is 11.8 Å². The van der Waals surface area contributed by atoms with Crippen LogP contribution in [0.3, 0.4) is 0 Å². The van der Waals surface area contributed by atoms with Gasteiger partial charge in [0, 0.05) is 18.8 Å². The second-order valence-electron chi connectivity index (χ2n) is 5.08. The first-order valence-corrected chi connectivity index (χ1v) is 6.24. The van der Waals surface area contributed by atoms with Crippen molar-refractivity contribution < 1.29 is 0 Å². The van der Waals surface area contributed by atoms with Crippen molar-refractivity contribution in [2.24, 2.45) is 11.8 Å². The van der Waals surface area contributed by atoms with Crippen LogP contribution in [0.25, 0.3) is 0 Å². The zero-order valence-electron chi connectivity index (χ0n) is 10.2. The van der Waals surface area contributed by atoms with E-state index in [0.717, 1.165) is 24.1 Å². The molecule has 3 heteroatoms. The van der Waals surface area contributed by atoms with E-state index in [1.54, 1.807) is 12.5 Å². The predicted molar refractivity (Wildman–Crippen MR) is 64.8 cm³/mol. The van der Waals surface area contributed by atoms with Crippen molar-refractivity contribution in [2.75, 3.05) is 0 Å². The first-order valence-electron chi connectivity index (χ1n) is 6.24. The number of hydrogen-bond acceptors (Lipinski definition) is 3. The summed E-state index contributed by atoms with van der Waals surface area (Å²) in [5.41, 5.74) is 1.08. The quantitative estimate of drug-likeness (QED) is 0.848. The lowest BCUT2D eigenvalue weighted by Gasteiger charge is -2.33. The number of rotatable bonds is 3. The highest BCUT2D eigenvalue weighted by Crippen LogP contribution is 2.28. The highest BCUT2D eigenvalue weighted by Gasteiger charge is 2.24. The molecule has 0 spiro atoms. The van der Waals surface area contributed by atoms with E-state index in [-0.39, 0.29) is 0 Å². The molecular weight excluding hydrogens is 198 g/mol. The number of aromatic nitrogens is 2. The molecule has 3 unspecified atom stereocenters. The molecule has 0 amide bonds. The largest absolute Gasteiger partial charge is 0.308 e. The SMILES string of the molecule is CC1CCC(C)C(NCc2ccncn2)C1. The van der Waals surface area contributed by atoms with Crippen LogP contribution < -0.4 is 5.32 Å². The summed E-state index contributed by atoms with van der Waals surface area (Å²) in [5.74, 6) is 1.65. The zero-order valence-corrected chi connectivity index (χ0v) is 10.2. The molecule has 0 bridgehead atoms. The van der Waals surface area contributed by atoms with Gasteiger partial charge in [0.1, 0.15) is 6.33 Å². The summed E-state index contributed by atoms with van der Waals surface area (Å²) < 4.78 is 0. The number of nitrogens with zero attached hydrogens (tertiary/aromatic N) is 2. The summed E-state index contributed by atoms with van der Waals surface area (Å²) in [6, 6.07) is 2.63. The molecule has 1 heterocycles. The van der Waals surface area contributed by atoms with Crippen molar-refractivity contribution in [1.82, 2.24) is 15.3 Å². The van der Waals surface area contributed by atoms with Gasteiger partial charge in [-0.3, -0.25) is 0 Å². The van der Waals surface area contributed by atoms with E-state index >= 15 is 0 Å². The topological polar surface area (TPSA) is 37.8 Å². The first-order chi connectivity index (χ1) is 7.75. The van der Waals surface area contributed by atoms with Crippen LogP contribution in [0.4, 0.5) is 0 Å². The molecule has 1 aromatic rings. The van der Waals surface area contributed by atoms with Gasteiger partial charge in [0.05, 0.1) is 5.69 Å². The number of hydrogen-bond donors (Lipinski definition) is 1. The standard InChI is InChI=1S/C13H21N3/c1-10-3-4-11(2)13(7-10)15-8-12-5-6-14-9-16-12/h5-6,9-11,13,15H,3-4,7-8H2,1-2H3. The normalized spacial score (nSPS) is 30.2. The molecule has 3 atom stereocenters. The third kappa shape index (κ3) is 3.01. The number of nitrogens with one attached hydrogen (secondary N) is 1. The molecule has 0 radical (unpaired) electrons. The van der Waals surface area contributed by atoms with Crippen LogP contribution in [0.5, 0.6) is 0 Å². The van der Waals surface area contributed by atoms with E-state index in [1.165, 1.54) is 19.3 Å². The van der Waals surface area contributed by atoms with Crippen molar-refractivity contribution in [3.05, 3.63) is 24.3 Å². The molecule has 1 aliphatic rings. The van der Waals surface area contributed by atoms with Gasteiger partial charge >= 0.3 is 0 Å². The fourth-order valence-electron chi connectivity index (χ4n) is 2.48. The van der Waals surface area contributed by atoms with E-state index in [4.69, 9.17) is 0 Å². The van der Waals surface area contributed by atoms with E-state index in [0.29, 0.717) is 6.04 Å². The molecule has 1 N–H and O–H groups in total. The maximum Gasteiger partial charge on any atom is 0.115 e. The van der Waals surface area contributed by atoms with E-state index in [2.05, 4.69) is 29.1 Å². The summed E-state index contributed by atoms with van der Waals surface area (Å²) in [7, 11) is 0. The Hall–Kier alpha value is -0.960. The van der Waals surface area contributed by atoms with E-state index in [1.807, 2.05) is 6.07 Å². The molecular formula is C13H21N3. The summed E-state index contributed by atoms with van der Waals surface area (Å²) in [6.45, 7) is 5.57. The molecule has 1 aliphatic carbocycles. The lowest BCUT2D eigenvalue weighted by atomic mass is 9.80. The minimum atomic E-state index is 0.652. The van der Waals surface area contributed by atoms with Gasteiger partial charge in [-0.2, -0.15) is 0 Å². The third-order valence-electron chi connectivity index (χ3n) is 3.65. The second-order valence-corrected chi connectivity index (χ2v) is 5.08. The molecule has 0 aromatic carbocycles. The average Bonchev–Trinajstić information content (AvgIpc) is 2.32. The minimum Gasteiger partial charge on any atom is -0.308 e. The molecule has 88 valence electrons. The second kappa shape index (κ2) is 5.39. The Kier molecular flexibility index (Phi) is 3.88. The van der Waals surface area contributed by atoms with Gasteiger partial charge < -0.3 is 5.32 Å². The summed E-state index contributed by atoms with van der Waals surface area (Å²) in [4.78, 5) is 8.16. The smallest absolute Gasteiger partial charge is 0.115 e. The summed E-state index contributed by atoms with van der Waals surface area (Å²) in [6.07, 6.45) is 7.45. The molecule has 1 aromatic heterocycles. The van der Waals surface area contributed by atoms with Crippen LogP contribution in [-0.4, -0.2) is 16.0 Å². The van der Waals surface area contributed by atoms with Crippen molar-refractivity contribution in [2.45, 2.75) is 45.7 Å². The molecule has 1 saturated carbocycles. The maximum atomic E-state index is 4.23. The Labute approximate surface area is 97.7 Å². The highest BCUT2D eigenvalue weighted by molar-refractivity contribution is 4.98. The molecule has 1 fully saturated rings. The van der Waals surface area contributed by atoms with Crippen LogP contribution >= 0.6 is 0 Å². The van der Waals surface area contributed by atoms with Gasteiger partial charge in [-0.1, -0.05) is 20.3 Å². The van der Waals surface area contributed by atoms with Gasteiger partial charge in [-0.15, -0.1) is 0 Å². The Morgan fingerprint density at radius 2 is 2.25 bits per heavy atom. The van der Waals surface area contributed by atoms with Crippen LogP contribution in [-0.2, 0) is 6.54 Å². The van der Waals surface area contributed by atoms with Crippen molar-refractivity contribution in [3.8, 4) is 0 Å². The molecule has 0 aliphatic heterocycles. The zero-order chi connectivity index (χ0) is 11.4. The monoisotopic (exact) mass is 219 g/mol.